The molecule has 1 N–H and O–H groups in total. The summed E-state index contributed by atoms with van der Waals surface area (Å²) >= 11 is 1.54. The number of carboxylic acid groups (broad SMARTS) is 1. The second-order valence-electron chi connectivity index (χ2n) is 5.05. The number of ether oxygens (including phenoxy) is 1. The van der Waals surface area contributed by atoms with Gasteiger partial charge in [-0.3, -0.25) is 0 Å². The highest BCUT2D eigenvalue weighted by atomic mass is 32.1. The Labute approximate surface area is 127 Å². The summed E-state index contributed by atoms with van der Waals surface area (Å²) in [5.41, 5.74) is 2.85. The predicted octanol–water partition coefficient (Wildman–Crippen LogP) is 3.91. The zero-order valence-electron chi connectivity index (χ0n) is 11.5. The third-order valence-corrected chi connectivity index (χ3v) is 4.55. The Morgan fingerprint density at radius 3 is 2.95 bits per heavy atom. The molecule has 0 atom stereocenters. The number of carboxylic acids is 1. The first kappa shape index (κ1) is 13.9. The maximum absolute atomic E-state index is 10.5. The highest BCUT2D eigenvalue weighted by Crippen LogP contribution is 2.27. The van der Waals surface area contributed by atoms with Gasteiger partial charge in [0.05, 0.1) is 0 Å². The summed E-state index contributed by atoms with van der Waals surface area (Å²) in [5.74, 6) is -0.0222. The Bertz CT molecular complexity index is 685. The van der Waals surface area contributed by atoms with Crippen molar-refractivity contribution >= 4 is 23.4 Å². The Balaban J connectivity index is 1.61. The minimum Gasteiger partial charge on any atom is -0.488 e. The van der Waals surface area contributed by atoms with Crippen LogP contribution in [0.15, 0.2) is 36.4 Å². The molecule has 0 spiro atoms. The molecule has 0 saturated carbocycles. The fourth-order valence-electron chi connectivity index (χ4n) is 2.51. The molecule has 3 nitrogen and oxygen atoms in total. The molecule has 4 heteroatoms. The Morgan fingerprint density at radius 1 is 1.24 bits per heavy atom. The molecule has 1 aromatic carbocycles. The van der Waals surface area contributed by atoms with E-state index in [1.165, 1.54) is 24.0 Å². The minimum absolute atomic E-state index is 0.518. The molecule has 1 aliphatic carbocycles. The van der Waals surface area contributed by atoms with Gasteiger partial charge >= 0.3 is 5.97 Å². The summed E-state index contributed by atoms with van der Waals surface area (Å²) in [4.78, 5) is 12.5. The summed E-state index contributed by atoms with van der Waals surface area (Å²) in [6, 6.07) is 10.2. The molecule has 0 saturated heterocycles. The number of hydrogen-bond acceptors (Lipinski definition) is 3. The van der Waals surface area contributed by atoms with Crippen molar-refractivity contribution in [2.24, 2.45) is 0 Å². The van der Waals surface area contributed by atoms with E-state index in [4.69, 9.17) is 9.84 Å². The average molecular weight is 300 g/mol. The number of benzene rings is 1. The van der Waals surface area contributed by atoms with Crippen LogP contribution in [0.3, 0.4) is 0 Å². The molecule has 108 valence electrons. The first-order valence-corrected chi connectivity index (χ1v) is 7.77. The lowest BCUT2D eigenvalue weighted by Gasteiger charge is -2.06. The van der Waals surface area contributed by atoms with Gasteiger partial charge in [0.2, 0.25) is 0 Å². The molecule has 1 aliphatic rings. The van der Waals surface area contributed by atoms with Crippen molar-refractivity contribution in [2.75, 3.05) is 0 Å². The van der Waals surface area contributed by atoms with E-state index in [0.29, 0.717) is 6.61 Å². The number of thiophene rings is 1. The second kappa shape index (κ2) is 6.14. The highest BCUT2D eigenvalue weighted by Gasteiger charge is 2.11. The predicted molar refractivity (Wildman–Crippen MR) is 83.8 cm³/mol. The standard InChI is InChI=1S/C17H16O3S/c18-17(19)9-8-15-6-7-16(21-15)11-20-14-5-4-12-2-1-3-13(12)10-14/h4-10H,1-3,11H2,(H,18,19). The lowest BCUT2D eigenvalue weighted by atomic mass is 10.1. The molecular formula is C17H16O3S. The zero-order valence-corrected chi connectivity index (χ0v) is 12.4. The number of aryl methyl sites for hydroxylation is 2. The molecule has 21 heavy (non-hydrogen) atoms. The third kappa shape index (κ3) is 3.52. The molecule has 0 bridgehead atoms. The van der Waals surface area contributed by atoms with Crippen LogP contribution in [0.4, 0.5) is 0 Å². The van der Waals surface area contributed by atoms with E-state index in [9.17, 15) is 4.79 Å². The van der Waals surface area contributed by atoms with Crippen LogP contribution in [0.2, 0.25) is 0 Å². The third-order valence-electron chi connectivity index (χ3n) is 3.52. The Morgan fingerprint density at radius 2 is 2.10 bits per heavy atom. The summed E-state index contributed by atoms with van der Waals surface area (Å²) in [7, 11) is 0. The van der Waals surface area contributed by atoms with E-state index in [1.807, 2.05) is 18.2 Å². The highest BCUT2D eigenvalue weighted by molar-refractivity contribution is 7.12. The Kier molecular flexibility index (Phi) is 4.06. The van der Waals surface area contributed by atoms with E-state index in [1.54, 1.807) is 17.4 Å². The van der Waals surface area contributed by atoms with E-state index in [2.05, 4.69) is 12.1 Å². The zero-order chi connectivity index (χ0) is 14.7. The number of fused-ring (bicyclic) bond motifs is 1. The second-order valence-corrected chi connectivity index (χ2v) is 6.25. The number of carbonyl (C=O) groups is 1. The van der Waals surface area contributed by atoms with Crippen molar-refractivity contribution in [2.45, 2.75) is 25.9 Å². The van der Waals surface area contributed by atoms with Gasteiger partial charge in [-0.05, 0) is 60.7 Å². The van der Waals surface area contributed by atoms with Crippen LogP contribution >= 0.6 is 11.3 Å². The largest absolute Gasteiger partial charge is 0.488 e. The number of aliphatic carboxylic acids is 1. The maximum Gasteiger partial charge on any atom is 0.328 e. The van der Waals surface area contributed by atoms with Crippen molar-refractivity contribution in [3.8, 4) is 5.75 Å². The van der Waals surface area contributed by atoms with E-state index in [-0.39, 0.29) is 0 Å². The van der Waals surface area contributed by atoms with Gasteiger partial charge in [-0.15, -0.1) is 11.3 Å². The monoisotopic (exact) mass is 300 g/mol. The van der Waals surface area contributed by atoms with Gasteiger partial charge in [0.15, 0.2) is 0 Å². The molecule has 0 fully saturated rings. The van der Waals surface area contributed by atoms with Gasteiger partial charge in [0, 0.05) is 15.8 Å². The smallest absolute Gasteiger partial charge is 0.328 e. The first-order valence-electron chi connectivity index (χ1n) is 6.95. The summed E-state index contributed by atoms with van der Waals surface area (Å²) in [6.45, 7) is 0.518. The van der Waals surface area contributed by atoms with Crippen molar-refractivity contribution in [1.29, 1.82) is 0 Å². The fourth-order valence-corrected chi connectivity index (χ4v) is 3.34. The molecule has 0 aliphatic heterocycles. The van der Waals surface area contributed by atoms with E-state index < -0.39 is 5.97 Å². The van der Waals surface area contributed by atoms with Crippen molar-refractivity contribution in [3.05, 3.63) is 57.3 Å². The normalized spacial score (nSPS) is 13.5. The van der Waals surface area contributed by atoms with Gasteiger partial charge in [0.1, 0.15) is 12.4 Å². The van der Waals surface area contributed by atoms with Crippen LogP contribution in [0.25, 0.3) is 6.08 Å². The van der Waals surface area contributed by atoms with Crippen LogP contribution in [0.5, 0.6) is 5.75 Å². The van der Waals surface area contributed by atoms with Gasteiger partial charge in [0.25, 0.3) is 0 Å². The van der Waals surface area contributed by atoms with Gasteiger partial charge in [-0.2, -0.15) is 0 Å². The average Bonchev–Trinajstić information content (AvgIpc) is 3.11. The van der Waals surface area contributed by atoms with Gasteiger partial charge in [-0.1, -0.05) is 6.07 Å². The van der Waals surface area contributed by atoms with Gasteiger partial charge < -0.3 is 9.84 Å². The molecular weight excluding hydrogens is 284 g/mol. The molecule has 0 radical (unpaired) electrons. The van der Waals surface area contributed by atoms with E-state index in [0.717, 1.165) is 28.0 Å². The van der Waals surface area contributed by atoms with Crippen molar-refractivity contribution in [1.82, 2.24) is 0 Å². The van der Waals surface area contributed by atoms with Crippen LogP contribution in [0.1, 0.15) is 27.3 Å². The van der Waals surface area contributed by atoms with Crippen LogP contribution < -0.4 is 4.74 Å². The number of hydrogen-bond donors (Lipinski definition) is 1. The van der Waals surface area contributed by atoms with Crippen molar-refractivity contribution in [3.63, 3.8) is 0 Å². The van der Waals surface area contributed by atoms with E-state index >= 15 is 0 Å². The van der Waals surface area contributed by atoms with Crippen LogP contribution in [-0.2, 0) is 24.2 Å². The molecule has 0 unspecified atom stereocenters. The van der Waals surface area contributed by atoms with Crippen LogP contribution in [0, 0.1) is 0 Å². The lowest BCUT2D eigenvalue weighted by Crippen LogP contribution is -1.94. The maximum atomic E-state index is 10.5. The SMILES string of the molecule is O=C(O)C=Cc1ccc(COc2ccc3c(c2)CCC3)s1. The molecule has 1 aromatic heterocycles. The molecule has 3 rings (SSSR count). The summed E-state index contributed by atoms with van der Waals surface area (Å²) < 4.78 is 5.83. The van der Waals surface area contributed by atoms with Gasteiger partial charge in [-0.25, -0.2) is 4.79 Å². The van der Waals surface area contributed by atoms with Crippen LogP contribution in [-0.4, -0.2) is 11.1 Å². The fraction of sp³-hybridized carbons (Fsp3) is 0.235. The quantitative estimate of drug-likeness (QED) is 0.851. The van der Waals surface area contributed by atoms with Crippen molar-refractivity contribution < 1.29 is 14.6 Å². The molecule has 1 heterocycles. The summed E-state index contributed by atoms with van der Waals surface area (Å²) in [6.07, 6.45) is 6.32. The topological polar surface area (TPSA) is 46.5 Å². The minimum atomic E-state index is -0.931. The number of rotatable bonds is 5. The summed E-state index contributed by atoms with van der Waals surface area (Å²) in [5, 5.41) is 8.60. The molecule has 0 amide bonds. The first-order chi connectivity index (χ1) is 10.2. The lowest BCUT2D eigenvalue weighted by molar-refractivity contribution is -0.131. The Hall–Kier alpha value is -2.07. The molecule has 2 aromatic rings.